The molecule has 0 bridgehead atoms. The van der Waals surface area contributed by atoms with Crippen molar-refractivity contribution in [2.45, 2.75) is 13.0 Å². The Morgan fingerprint density at radius 3 is 2.31 bits per heavy atom. The van der Waals surface area contributed by atoms with Crippen LogP contribution in [0.15, 0.2) is 66.7 Å². The molecule has 0 unspecified atom stereocenters. The minimum atomic E-state index is -0.167. The highest BCUT2D eigenvalue weighted by Crippen LogP contribution is 2.22. The molecule has 1 aliphatic rings. The van der Waals surface area contributed by atoms with Crippen molar-refractivity contribution >= 4 is 28.1 Å². The number of carbonyl (C=O) groups is 1. The molecule has 1 aliphatic heterocycles. The standard InChI is InChI=1S/C24H27N3O2/c1-18(24(28)25-21-8-7-19-5-3-4-6-20(19)17-21)26-13-15-27(16-14-26)22-9-11-23(29-2)12-10-22/h3-12,17-18H,13-16H2,1-2H3,(H,25,28)/t18-/m0/s1. The van der Waals surface area contributed by atoms with Crippen molar-refractivity contribution in [2.24, 2.45) is 0 Å². The predicted molar refractivity (Wildman–Crippen MR) is 119 cm³/mol. The maximum absolute atomic E-state index is 12.8. The number of hydrogen-bond donors (Lipinski definition) is 1. The molecule has 1 amide bonds. The lowest BCUT2D eigenvalue weighted by Crippen LogP contribution is -2.52. The van der Waals surface area contributed by atoms with E-state index in [-0.39, 0.29) is 11.9 Å². The molecule has 1 heterocycles. The number of nitrogens with one attached hydrogen (secondary N) is 1. The number of fused-ring (bicyclic) bond motifs is 1. The van der Waals surface area contributed by atoms with Crippen molar-refractivity contribution < 1.29 is 9.53 Å². The predicted octanol–water partition coefficient (Wildman–Crippen LogP) is 4.00. The van der Waals surface area contributed by atoms with E-state index in [1.165, 1.54) is 11.1 Å². The molecule has 4 rings (SSSR count). The molecule has 0 radical (unpaired) electrons. The van der Waals surface area contributed by atoms with Gasteiger partial charge in [-0.15, -0.1) is 0 Å². The first-order valence-corrected chi connectivity index (χ1v) is 10.1. The summed E-state index contributed by atoms with van der Waals surface area (Å²) in [5.41, 5.74) is 2.04. The molecule has 29 heavy (non-hydrogen) atoms. The van der Waals surface area contributed by atoms with E-state index in [1.807, 2.05) is 49.4 Å². The fraction of sp³-hybridized carbons (Fsp3) is 0.292. The molecule has 0 aromatic heterocycles. The maximum atomic E-state index is 12.8. The third kappa shape index (κ3) is 4.35. The lowest BCUT2D eigenvalue weighted by Gasteiger charge is -2.38. The summed E-state index contributed by atoms with van der Waals surface area (Å²) in [6.45, 7) is 5.51. The van der Waals surface area contributed by atoms with Crippen LogP contribution in [0.1, 0.15) is 6.92 Å². The maximum Gasteiger partial charge on any atom is 0.241 e. The smallest absolute Gasteiger partial charge is 0.241 e. The van der Waals surface area contributed by atoms with Crippen LogP contribution in [0.2, 0.25) is 0 Å². The van der Waals surface area contributed by atoms with E-state index in [1.54, 1.807) is 7.11 Å². The fourth-order valence-electron chi connectivity index (χ4n) is 3.84. The number of methoxy groups -OCH3 is 1. The Kier molecular flexibility index (Phi) is 5.67. The van der Waals surface area contributed by atoms with Crippen LogP contribution in [0.25, 0.3) is 10.8 Å². The van der Waals surface area contributed by atoms with Gasteiger partial charge in [0.1, 0.15) is 5.75 Å². The molecule has 1 saturated heterocycles. The summed E-state index contributed by atoms with van der Waals surface area (Å²) < 4.78 is 5.23. The second kappa shape index (κ2) is 8.53. The van der Waals surface area contributed by atoms with Gasteiger partial charge in [0, 0.05) is 37.6 Å². The third-order valence-corrected chi connectivity index (χ3v) is 5.70. The molecule has 1 fully saturated rings. The number of rotatable bonds is 5. The van der Waals surface area contributed by atoms with Gasteiger partial charge in [-0.2, -0.15) is 0 Å². The Morgan fingerprint density at radius 1 is 0.931 bits per heavy atom. The molecule has 0 saturated carbocycles. The largest absolute Gasteiger partial charge is 0.497 e. The minimum Gasteiger partial charge on any atom is -0.497 e. The van der Waals surface area contributed by atoms with Crippen LogP contribution in [0, 0.1) is 0 Å². The zero-order valence-electron chi connectivity index (χ0n) is 17.0. The van der Waals surface area contributed by atoms with Crippen LogP contribution in [0.5, 0.6) is 5.75 Å². The van der Waals surface area contributed by atoms with Crippen LogP contribution < -0.4 is 15.0 Å². The van der Waals surface area contributed by atoms with Gasteiger partial charge < -0.3 is 15.0 Å². The lowest BCUT2D eigenvalue weighted by molar-refractivity contribution is -0.120. The molecule has 0 aliphatic carbocycles. The van der Waals surface area contributed by atoms with Crippen molar-refractivity contribution in [2.75, 3.05) is 43.5 Å². The fourth-order valence-corrected chi connectivity index (χ4v) is 3.84. The van der Waals surface area contributed by atoms with Gasteiger partial charge in [0.15, 0.2) is 0 Å². The number of amides is 1. The molecule has 1 atom stereocenters. The van der Waals surface area contributed by atoms with Gasteiger partial charge in [0.25, 0.3) is 0 Å². The van der Waals surface area contributed by atoms with Gasteiger partial charge in [0.2, 0.25) is 5.91 Å². The summed E-state index contributed by atoms with van der Waals surface area (Å²) in [5, 5.41) is 5.38. The summed E-state index contributed by atoms with van der Waals surface area (Å²) in [6.07, 6.45) is 0. The third-order valence-electron chi connectivity index (χ3n) is 5.70. The van der Waals surface area contributed by atoms with E-state index in [2.05, 4.69) is 39.4 Å². The number of anilines is 2. The number of ether oxygens (including phenoxy) is 1. The van der Waals surface area contributed by atoms with Crippen molar-refractivity contribution in [1.82, 2.24) is 4.90 Å². The van der Waals surface area contributed by atoms with E-state index in [9.17, 15) is 4.79 Å². The highest BCUT2D eigenvalue weighted by Gasteiger charge is 2.25. The summed E-state index contributed by atoms with van der Waals surface area (Å²) in [4.78, 5) is 17.4. The molecule has 0 spiro atoms. The number of benzene rings is 3. The summed E-state index contributed by atoms with van der Waals surface area (Å²) >= 11 is 0. The first-order chi connectivity index (χ1) is 14.1. The normalized spacial score (nSPS) is 15.9. The zero-order chi connectivity index (χ0) is 20.2. The average Bonchev–Trinajstić information content (AvgIpc) is 2.78. The Morgan fingerprint density at radius 2 is 1.62 bits per heavy atom. The molecule has 150 valence electrons. The van der Waals surface area contributed by atoms with Crippen LogP contribution in [-0.2, 0) is 4.79 Å². The van der Waals surface area contributed by atoms with E-state index in [4.69, 9.17) is 4.74 Å². The highest BCUT2D eigenvalue weighted by atomic mass is 16.5. The first kappa shape index (κ1) is 19.3. The highest BCUT2D eigenvalue weighted by molar-refractivity contribution is 5.97. The van der Waals surface area contributed by atoms with E-state index in [0.29, 0.717) is 0 Å². The van der Waals surface area contributed by atoms with Gasteiger partial charge in [0.05, 0.1) is 13.2 Å². The zero-order valence-corrected chi connectivity index (χ0v) is 17.0. The van der Waals surface area contributed by atoms with E-state index in [0.717, 1.165) is 43.0 Å². The van der Waals surface area contributed by atoms with Crippen molar-refractivity contribution in [3.8, 4) is 5.75 Å². The van der Waals surface area contributed by atoms with Crippen LogP contribution in [0.3, 0.4) is 0 Å². The average molecular weight is 389 g/mol. The van der Waals surface area contributed by atoms with Gasteiger partial charge >= 0.3 is 0 Å². The van der Waals surface area contributed by atoms with Gasteiger partial charge in [-0.1, -0.05) is 30.3 Å². The molecule has 5 nitrogen and oxygen atoms in total. The summed E-state index contributed by atoms with van der Waals surface area (Å²) in [5.74, 6) is 0.907. The number of nitrogens with zero attached hydrogens (tertiary/aromatic N) is 2. The monoisotopic (exact) mass is 389 g/mol. The number of piperazine rings is 1. The van der Waals surface area contributed by atoms with Crippen molar-refractivity contribution in [1.29, 1.82) is 0 Å². The second-order valence-corrected chi connectivity index (χ2v) is 7.45. The Balaban J connectivity index is 1.34. The first-order valence-electron chi connectivity index (χ1n) is 10.1. The molecule has 3 aromatic carbocycles. The molecule has 3 aromatic rings. The topological polar surface area (TPSA) is 44.8 Å². The van der Waals surface area contributed by atoms with Crippen molar-refractivity contribution in [3.63, 3.8) is 0 Å². The summed E-state index contributed by atoms with van der Waals surface area (Å²) in [6, 6.07) is 22.2. The molecule has 5 heteroatoms. The summed E-state index contributed by atoms with van der Waals surface area (Å²) in [7, 11) is 1.68. The minimum absolute atomic E-state index is 0.0400. The Bertz CT molecular complexity index is 979. The van der Waals surface area contributed by atoms with Crippen molar-refractivity contribution in [3.05, 3.63) is 66.7 Å². The molecular formula is C24H27N3O2. The van der Waals surface area contributed by atoms with Gasteiger partial charge in [-0.3, -0.25) is 9.69 Å². The number of carbonyl (C=O) groups excluding carboxylic acids is 1. The van der Waals surface area contributed by atoms with Gasteiger partial charge in [-0.05, 0) is 54.1 Å². The SMILES string of the molecule is COc1ccc(N2CCN([C@@H](C)C(=O)Nc3ccc4ccccc4c3)CC2)cc1. The Labute approximate surface area is 171 Å². The lowest BCUT2D eigenvalue weighted by atomic mass is 10.1. The van der Waals surface area contributed by atoms with Crippen LogP contribution in [0.4, 0.5) is 11.4 Å². The quantitative estimate of drug-likeness (QED) is 0.716. The molecule has 1 N–H and O–H groups in total. The van der Waals surface area contributed by atoms with E-state index >= 15 is 0 Å². The molecular weight excluding hydrogens is 362 g/mol. The Hall–Kier alpha value is -3.05. The second-order valence-electron chi connectivity index (χ2n) is 7.45. The number of hydrogen-bond acceptors (Lipinski definition) is 4. The van der Waals surface area contributed by atoms with Crippen LogP contribution >= 0.6 is 0 Å². The van der Waals surface area contributed by atoms with Gasteiger partial charge in [-0.25, -0.2) is 0 Å². The van der Waals surface area contributed by atoms with E-state index < -0.39 is 0 Å². The van der Waals surface area contributed by atoms with Crippen LogP contribution in [-0.4, -0.2) is 50.1 Å².